The van der Waals surface area contributed by atoms with E-state index in [0.29, 0.717) is 11.8 Å². The fraction of sp³-hybridized carbons (Fsp3) is 0.600. The molecule has 1 saturated carbocycles. The number of pyridine rings is 1. The summed E-state index contributed by atoms with van der Waals surface area (Å²) >= 11 is 0. The van der Waals surface area contributed by atoms with Crippen LogP contribution in [-0.4, -0.2) is 34.9 Å². The molecule has 0 spiro atoms. The summed E-state index contributed by atoms with van der Waals surface area (Å²) in [6.07, 6.45) is 15.2. The van der Waals surface area contributed by atoms with E-state index in [1.807, 2.05) is 36.4 Å². The topological polar surface area (TPSA) is 54.5 Å². The van der Waals surface area contributed by atoms with Crippen LogP contribution in [0, 0.1) is 11.3 Å². The molecule has 40 heavy (non-hydrogen) atoms. The van der Waals surface area contributed by atoms with Gasteiger partial charge in [0.2, 0.25) is 11.8 Å². The number of rotatable bonds is 11. The lowest BCUT2D eigenvalue weighted by atomic mass is 9.78. The molecular formula is C35H53N3O2. The number of likely N-dealkylation sites (tertiary alicyclic amines) is 1. The summed E-state index contributed by atoms with van der Waals surface area (Å²) in [7, 11) is 0. The van der Waals surface area contributed by atoms with Crippen LogP contribution < -0.4 is 10.1 Å². The number of hydrogen-bond donors (Lipinski definition) is 1. The predicted octanol–water partition coefficient (Wildman–Crippen LogP) is 8.70. The van der Waals surface area contributed by atoms with Gasteiger partial charge >= 0.3 is 0 Å². The molecule has 1 aliphatic carbocycles. The number of amides is 1. The molecule has 1 N–H and O–H groups in total. The maximum absolute atomic E-state index is 13.4. The molecule has 1 saturated heterocycles. The van der Waals surface area contributed by atoms with Crippen molar-refractivity contribution in [1.82, 2.24) is 15.2 Å². The molecular weight excluding hydrogens is 494 g/mol. The summed E-state index contributed by atoms with van der Waals surface area (Å²) in [5, 5.41) is 3.39. The fourth-order valence-corrected chi connectivity index (χ4v) is 5.73. The highest BCUT2D eigenvalue weighted by atomic mass is 16.5. The van der Waals surface area contributed by atoms with Gasteiger partial charge in [-0.25, -0.2) is 4.98 Å². The third kappa shape index (κ3) is 10.1. The molecule has 1 unspecified atom stereocenters. The van der Waals surface area contributed by atoms with Crippen molar-refractivity contribution in [2.24, 2.45) is 11.3 Å². The van der Waals surface area contributed by atoms with Crippen molar-refractivity contribution in [2.45, 2.75) is 111 Å². The molecule has 2 aliphatic rings. The van der Waals surface area contributed by atoms with Crippen LogP contribution in [-0.2, 0) is 11.3 Å². The molecule has 1 aromatic heterocycles. The van der Waals surface area contributed by atoms with E-state index >= 15 is 0 Å². The summed E-state index contributed by atoms with van der Waals surface area (Å²) in [6.45, 7) is 15.3. The molecule has 220 valence electrons. The maximum Gasteiger partial charge on any atom is 0.226 e. The fourth-order valence-electron chi connectivity index (χ4n) is 5.73. The smallest absolute Gasteiger partial charge is 0.226 e. The van der Waals surface area contributed by atoms with Crippen molar-refractivity contribution in [1.29, 1.82) is 0 Å². The van der Waals surface area contributed by atoms with Gasteiger partial charge in [0.05, 0.1) is 0 Å². The van der Waals surface area contributed by atoms with Crippen LogP contribution >= 0.6 is 0 Å². The molecule has 1 atom stereocenters. The Labute approximate surface area is 243 Å². The third-order valence-electron chi connectivity index (χ3n) is 8.61. The Hall–Kier alpha value is -2.66. The van der Waals surface area contributed by atoms with Gasteiger partial charge in [0.15, 0.2) is 0 Å². The van der Waals surface area contributed by atoms with Crippen LogP contribution in [0.3, 0.4) is 0 Å². The number of benzene rings is 1. The van der Waals surface area contributed by atoms with Gasteiger partial charge in [-0.15, -0.1) is 0 Å². The molecule has 0 radical (unpaired) electrons. The first kappa shape index (κ1) is 31.9. The minimum absolute atomic E-state index is 0.0912. The van der Waals surface area contributed by atoms with E-state index in [9.17, 15) is 4.79 Å². The molecule has 1 aliphatic heterocycles. The van der Waals surface area contributed by atoms with Crippen molar-refractivity contribution >= 4 is 5.91 Å². The zero-order chi connectivity index (χ0) is 28.8. The van der Waals surface area contributed by atoms with E-state index in [2.05, 4.69) is 55.5 Å². The van der Waals surface area contributed by atoms with E-state index in [0.717, 1.165) is 55.8 Å². The quantitative estimate of drug-likeness (QED) is 0.286. The number of nitrogens with zero attached hydrogens (tertiary/aromatic N) is 2. The Morgan fingerprint density at radius 3 is 2.35 bits per heavy atom. The number of unbranched alkanes of at least 4 members (excludes halogenated alkanes) is 2. The van der Waals surface area contributed by atoms with Crippen LogP contribution in [0.15, 0.2) is 60.8 Å². The molecule has 4 rings (SSSR count). The number of aromatic nitrogens is 1. The summed E-state index contributed by atoms with van der Waals surface area (Å²) in [4.78, 5) is 20.3. The van der Waals surface area contributed by atoms with Gasteiger partial charge in [-0.3, -0.25) is 9.69 Å². The van der Waals surface area contributed by atoms with Crippen LogP contribution in [0.2, 0.25) is 0 Å². The van der Waals surface area contributed by atoms with E-state index in [1.165, 1.54) is 51.4 Å². The largest absolute Gasteiger partial charge is 0.439 e. The monoisotopic (exact) mass is 547 g/mol. The average molecular weight is 548 g/mol. The highest BCUT2D eigenvalue weighted by Crippen LogP contribution is 2.34. The number of hydrogen-bond acceptors (Lipinski definition) is 4. The normalized spacial score (nSPS) is 18.2. The SMILES string of the molecule is C=C(C)C(CC1CCCCC1)NC(=O)C1(C)CCN(Cc2cccnc2Oc2ccccc2)CC1.CCCCC. The van der Waals surface area contributed by atoms with Gasteiger partial charge in [-0.1, -0.05) is 109 Å². The number of piperidine rings is 1. The first-order valence-corrected chi connectivity index (χ1v) is 15.7. The molecule has 1 amide bonds. The Kier molecular flexibility index (Phi) is 13.2. The highest BCUT2D eigenvalue weighted by molar-refractivity contribution is 5.83. The lowest BCUT2D eigenvalue weighted by Gasteiger charge is -2.39. The zero-order valence-electron chi connectivity index (χ0n) is 25.6. The Morgan fingerprint density at radius 2 is 1.75 bits per heavy atom. The van der Waals surface area contributed by atoms with E-state index in [1.54, 1.807) is 6.20 Å². The number of carbonyl (C=O) groups is 1. The molecule has 2 aromatic rings. The van der Waals surface area contributed by atoms with Gasteiger partial charge in [0, 0.05) is 29.8 Å². The predicted molar refractivity (Wildman–Crippen MR) is 167 cm³/mol. The number of ether oxygens (including phenoxy) is 1. The average Bonchev–Trinajstić information content (AvgIpc) is 2.97. The second-order valence-electron chi connectivity index (χ2n) is 12.2. The minimum atomic E-state index is -0.338. The summed E-state index contributed by atoms with van der Waals surface area (Å²) in [5.74, 6) is 2.34. The van der Waals surface area contributed by atoms with Crippen molar-refractivity contribution in [3.63, 3.8) is 0 Å². The molecule has 0 bridgehead atoms. The number of para-hydroxylation sites is 1. The summed E-state index contributed by atoms with van der Waals surface area (Å²) in [5.41, 5.74) is 1.81. The highest BCUT2D eigenvalue weighted by Gasteiger charge is 2.38. The lowest BCUT2D eigenvalue weighted by molar-refractivity contribution is -0.133. The molecule has 2 heterocycles. The van der Waals surface area contributed by atoms with Gasteiger partial charge in [-0.2, -0.15) is 0 Å². The number of carbonyl (C=O) groups excluding carboxylic acids is 1. The molecule has 5 nitrogen and oxygen atoms in total. The second kappa shape index (κ2) is 16.6. The van der Waals surface area contributed by atoms with Crippen LogP contribution in [0.4, 0.5) is 0 Å². The van der Waals surface area contributed by atoms with Crippen LogP contribution in [0.25, 0.3) is 0 Å². The van der Waals surface area contributed by atoms with Crippen molar-refractivity contribution in [2.75, 3.05) is 13.1 Å². The Bertz CT molecular complexity index is 1020. The van der Waals surface area contributed by atoms with Crippen molar-refractivity contribution < 1.29 is 9.53 Å². The molecule has 2 fully saturated rings. The summed E-state index contributed by atoms with van der Waals surface area (Å²) in [6, 6.07) is 13.9. The Balaban J connectivity index is 0.000000810. The van der Waals surface area contributed by atoms with Crippen molar-refractivity contribution in [3.05, 3.63) is 66.4 Å². The van der Waals surface area contributed by atoms with Gasteiger partial charge in [-0.05, 0) is 63.4 Å². The first-order valence-electron chi connectivity index (χ1n) is 15.7. The Morgan fingerprint density at radius 1 is 1.07 bits per heavy atom. The third-order valence-corrected chi connectivity index (χ3v) is 8.61. The molecule has 5 heteroatoms. The van der Waals surface area contributed by atoms with Gasteiger partial charge in [0.25, 0.3) is 0 Å². The second-order valence-corrected chi connectivity index (χ2v) is 12.2. The zero-order valence-corrected chi connectivity index (χ0v) is 25.6. The minimum Gasteiger partial charge on any atom is -0.439 e. The van der Waals surface area contributed by atoms with Crippen LogP contribution in [0.1, 0.15) is 104 Å². The van der Waals surface area contributed by atoms with E-state index in [4.69, 9.17) is 4.74 Å². The van der Waals surface area contributed by atoms with Gasteiger partial charge < -0.3 is 10.1 Å². The summed E-state index contributed by atoms with van der Waals surface area (Å²) < 4.78 is 6.05. The van der Waals surface area contributed by atoms with E-state index < -0.39 is 0 Å². The lowest BCUT2D eigenvalue weighted by Crippen LogP contribution is -2.50. The maximum atomic E-state index is 13.4. The standard InChI is InChI=1S/C30H41N3O2.C5H12/c1-23(2)27(21-24-11-6-4-7-12-24)32-29(34)30(3)16-19-33(20-17-30)22-25-13-10-18-31-28(25)35-26-14-8-5-9-15-26;1-3-5-4-2/h5,8-10,13-15,18,24,27H,1,4,6-7,11-12,16-17,19-22H2,2-3H3,(H,32,34);3-5H2,1-2H3. The van der Waals surface area contributed by atoms with Crippen molar-refractivity contribution in [3.8, 4) is 11.6 Å². The first-order chi connectivity index (χ1) is 19.3. The van der Waals surface area contributed by atoms with Gasteiger partial charge in [0.1, 0.15) is 5.75 Å². The van der Waals surface area contributed by atoms with E-state index in [-0.39, 0.29) is 17.4 Å². The molecule has 1 aromatic carbocycles. The van der Waals surface area contributed by atoms with Crippen LogP contribution in [0.5, 0.6) is 11.6 Å². The number of nitrogens with one attached hydrogen (secondary N) is 1.